The molecule has 0 unspecified atom stereocenters. The molecule has 1 heterocycles. The lowest BCUT2D eigenvalue weighted by molar-refractivity contribution is -0.118. The average Bonchev–Trinajstić information content (AvgIpc) is 3.23. The van der Waals surface area contributed by atoms with Gasteiger partial charge in [-0.15, -0.1) is 0 Å². The minimum absolute atomic E-state index is 0.0428. The summed E-state index contributed by atoms with van der Waals surface area (Å²) in [5.41, 5.74) is 1.51. The predicted octanol–water partition coefficient (Wildman–Crippen LogP) is 3.03. The summed E-state index contributed by atoms with van der Waals surface area (Å²) >= 11 is 0. The molecule has 0 saturated carbocycles. The number of ether oxygens (including phenoxy) is 3. The molecule has 2 amide bonds. The number of hydrogen-bond donors (Lipinski definition) is 2. The number of amides is 2. The third-order valence-corrected chi connectivity index (χ3v) is 4.32. The van der Waals surface area contributed by atoms with E-state index in [9.17, 15) is 14.4 Å². The molecular weight excluding hydrogens is 428 g/mol. The fourth-order valence-electron chi connectivity index (χ4n) is 2.93. The zero-order valence-electron chi connectivity index (χ0n) is 18.5. The van der Waals surface area contributed by atoms with Crippen LogP contribution in [0.5, 0.6) is 11.5 Å². The van der Waals surface area contributed by atoms with E-state index in [1.54, 1.807) is 25.1 Å². The van der Waals surface area contributed by atoms with Crippen LogP contribution in [0.2, 0.25) is 0 Å². The van der Waals surface area contributed by atoms with Gasteiger partial charge in [-0.1, -0.05) is 18.2 Å². The monoisotopic (exact) mass is 452 g/mol. The quantitative estimate of drug-likeness (QED) is 0.479. The normalized spacial score (nSPS) is 10.3. The van der Waals surface area contributed by atoms with Crippen molar-refractivity contribution in [1.29, 1.82) is 0 Å². The van der Waals surface area contributed by atoms with Gasteiger partial charge in [0, 0.05) is 12.6 Å². The van der Waals surface area contributed by atoms with Gasteiger partial charge >= 0.3 is 5.97 Å². The number of carbonyl (C=O) groups is 3. The van der Waals surface area contributed by atoms with Crippen molar-refractivity contribution >= 4 is 29.2 Å². The van der Waals surface area contributed by atoms with Gasteiger partial charge in [0.2, 0.25) is 11.6 Å². The topological polar surface area (TPSA) is 121 Å². The molecule has 0 bridgehead atoms. The van der Waals surface area contributed by atoms with Gasteiger partial charge in [-0.25, -0.2) is 9.48 Å². The third kappa shape index (κ3) is 6.10. The predicted molar refractivity (Wildman–Crippen MR) is 121 cm³/mol. The summed E-state index contributed by atoms with van der Waals surface area (Å²) in [4.78, 5) is 36.2. The summed E-state index contributed by atoms with van der Waals surface area (Å²) in [6.07, 6.45) is 1.51. The largest absolute Gasteiger partial charge is 0.495 e. The highest BCUT2D eigenvalue weighted by molar-refractivity contribution is 5.96. The molecular formula is C23H24N4O6. The van der Waals surface area contributed by atoms with Crippen LogP contribution in [0, 0.1) is 0 Å². The average molecular weight is 452 g/mol. The van der Waals surface area contributed by atoms with Crippen molar-refractivity contribution in [2.75, 3.05) is 31.0 Å². The molecule has 33 heavy (non-hydrogen) atoms. The number of benzene rings is 2. The Morgan fingerprint density at radius 3 is 2.45 bits per heavy atom. The van der Waals surface area contributed by atoms with E-state index in [-0.39, 0.29) is 24.0 Å². The maximum atomic E-state index is 12.5. The number of aromatic nitrogens is 2. The number of hydrogen-bond acceptors (Lipinski definition) is 7. The van der Waals surface area contributed by atoms with E-state index in [2.05, 4.69) is 15.7 Å². The summed E-state index contributed by atoms with van der Waals surface area (Å²) in [6.45, 7) is 2.83. The maximum Gasteiger partial charge on any atom is 0.362 e. The molecule has 1 aromatic heterocycles. The fourth-order valence-corrected chi connectivity index (χ4v) is 2.93. The van der Waals surface area contributed by atoms with Crippen LogP contribution in [0.15, 0.2) is 54.7 Å². The Morgan fingerprint density at radius 1 is 1.03 bits per heavy atom. The van der Waals surface area contributed by atoms with Crippen LogP contribution >= 0.6 is 0 Å². The van der Waals surface area contributed by atoms with Crippen LogP contribution in [-0.4, -0.2) is 47.9 Å². The first-order valence-electron chi connectivity index (χ1n) is 10.1. The molecule has 0 spiro atoms. The first-order chi connectivity index (χ1) is 15.9. The third-order valence-electron chi connectivity index (χ3n) is 4.32. The smallest absolute Gasteiger partial charge is 0.362 e. The fraction of sp³-hybridized carbons (Fsp3) is 0.217. The van der Waals surface area contributed by atoms with Gasteiger partial charge in [-0.2, -0.15) is 5.10 Å². The molecule has 0 atom stereocenters. The van der Waals surface area contributed by atoms with Gasteiger partial charge in [0.15, 0.2) is 12.4 Å². The minimum atomic E-state index is -0.660. The lowest BCUT2D eigenvalue weighted by Crippen LogP contribution is -2.21. The molecule has 2 aromatic carbocycles. The molecule has 10 nitrogen and oxygen atoms in total. The van der Waals surface area contributed by atoms with Crippen LogP contribution in [0.4, 0.5) is 11.4 Å². The van der Waals surface area contributed by atoms with Crippen molar-refractivity contribution < 1.29 is 28.6 Å². The van der Waals surface area contributed by atoms with Gasteiger partial charge in [-0.3, -0.25) is 9.59 Å². The second kappa shape index (κ2) is 10.8. The lowest BCUT2D eigenvalue weighted by atomic mass is 10.2. The first-order valence-corrected chi connectivity index (χ1v) is 10.1. The summed E-state index contributed by atoms with van der Waals surface area (Å²) in [5.74, 6) is -0.904. The van der Waals surface area contributed by atoms with Gasteiger partial charge in [0.25, 0.3) is 5.91 Å². The van der Waals surface area contributed by atoms with Gasteiger partial charge in [-0.05, 0) is 37.3 Å². The Labute approximate surface area is 190 Å². The zero-order chi connectivity index (χ0) is 23.8. The molecule has 0 saturated heterocycles. The molecule has 0 radical (unpaired) electrons. The number of anilines is 2. The molecule has 0 aliphatic rings. The number of para-hydroxylation sites is 1. The number of nitrogens with zero attached hydrogens (tertiary/aromatic N) is 2. The summed E-state index contributed by atoms with van der Waals surface area (Å²) in [7, 11) is 1.46. The standard InChI is InChI=1S/C23H24N4O6/c1-4-32-23(30)22-20(13-27(26-22)17-8-6-5-7-9-17)33-14-21(29)25-18-12-16(24-15(2)28)10-11-19(18)31-3/h5-13H,4,14H2,1-3H3,(H,24,28)(H,25,29). The molecule has 172 valence electrons. The highest BCUT2D eigenvalue weighted by atomic mass is 16.5. The second-order valence-corrected chi connectivity index (χ2v) is 6.78. The molecule has 0 aliphatic carbocycles. The van der Waals surface area contributed by atoms with Crippen LogP contribution in [0.1, 0.15) is 24.3 Å². The van der Waals surface area contributed by atoms with Crippen LogP contribution < -0.4 is 20.1 Å². The van der Waals surface area contributed by atoms with E-state index in [0.717, 1.165) is 0 Å². The number of carbonyl (C=O) groups excluding carboxylic acids is 3. The van der Waals surface area contributed by atoms with Gasteiger partial charge < -0.3 is 24.8 Å². The molecule has 0 fully saturated rings. The highest BCUT2D eigenvalue weighted by Crippen LogP contribution is 2.28. The maximum absolute atomic E-state index is 12.5. The van der Waals surface area contributed by atoms with Crippen LogP contribution in [0.3, 0.4) is 0 Å². The molecule has 0 aliphatic heterocycles. The SMILES string of the molecule is CCOC(=O)c1nn(-c2ccccc2)cc1OCC(=O)Nc1cc(NC(C)=O)ccc1OC. The second-order valence-electron chi connectivity index (χ2n) is 6.78. The Bertz CT molecular complexity index is 1140. The number of methoxy groups -OCH3 is 1. The van der Waals surface area contributed by atoms with Crippen molar-refractivity contribution in [2.45, 2.75) is 13.8 Å². The number of nitrogens with one attached hydrogen (secondary N) is 2. The minimum Gasteiger partial charge on any atom is -0.495 e. The van der Waals surface area contributed by atoms with Gasteiger partial charge in [0.05, 0.1) is 31.3 Å². The van der Waals surface area contributed by atoms with Gasteiger partial charge in [0.1, 0.15) is 5.75 Å². The Hall–Kier alpha value is -4.34. The van der Waals surface area contributed by atoms with E-state index in [0.29, 0.717) is 22.8 Å². The summed E-state index contributed by atoms with van der Waals surface area (Å²) < 4.78 is 17.4. The first kappa shape index (κ1) is 23.3. The molecule has 3 rings (SSSR count). The molecule has 3 aromatic rings. The van der Waals surface area contributed by atoms with Crippen LogP contribution in [-0.2, 0) is 14.3 Å². The van der Waals surface area contributed by atoms with E-state index >= 15 is 0 Å². The van der Waals surface area contributed by atoms with Crippen molar-refractivity contribution in [3.63, 3.8) is 0 Å². The van der Waals surface area contributed by atoms with Crippen molar-refractivity contribution in [3.8, 4) is 17.2 Å². The van der Waals surface area contributed by atoms with Crippen molar-refractivity contribution in [3.05, 3.63) is 60.4 Å². The Morgan fingerprint density at radius 2 is 1.79 bits per heavy atom. The lowest BCUT2D eigenvalue weighted by Gasteiger charge is -2.12. The summed E-state index contributed by atoms with van der Waals surface area (Å²) in [6, 6.07) is 14.0. The zero-order valence-corrected chi connectivity index (χ0v) is 18.5. The van der Waals surface area contributed by atoms with E-state index in [4.69, 9.17) is 14.2 Å². The van der Waals surface area contributed by atoms with E-state index in [1.165, 1.54) is 24.9 Å². The molecule has 10 heteroatoms. The number of rotatable bonds is 9. The van der Waals surface area contributed by atoms with Crippen molar-refractivity contribution in [1.82, 2.24) is 9.78 Å². The number of esters is 1. The Balaban J connectivity index is 1.76. The van der Waals surface area contributed by atoms with E-state index < -0.39 is 18.5 Å². The summed E-state index contributed by atoms with van der Waals surface area (Å²) in [5, 5.41) is 9.57. The Kier molecular flexibility index (Phi) is 7.64. The highest BCUT2D eigenvalue weighted by Gasteiger charge is 2.21. The van der Waals surface area contributed by atoms with Crippen molar-refractivity contribution in [2.24, 2.45) is 0 Å². The van der Waals surface area contributed by atoms with E-state index in [1.807, 2.05) is 30.3 Å². The molecule has 2 N–H and O–H groups in total. The van der Waals surface area contributed by atoms with Crippen LogP contribution in [0.25, 0.3) is 5.69 Å².